The van der Waals surface area contributed by atoms with Gasteiger partial charge in [0.05, 0.1) is 11.3 Å². The topological polar surface area (TPSA) is 67.8 Å². The molecule has 1 amide bonds. The molecule has 0 aliphatic heterocycles. The van der Waals surface area contributed by atoms with Crippen LogP contribution in [0.1, 0.15) is 40.6 Å². The third kappa shape index (κ3) is 3.58. The van der Waals surface area contributed by atoms with E-state index in [1.165, 1.54) is 18.5 Å². The van der Waals surface area contributed by atoms with Gasteiger partial charge in [-0.1, -0.05) is 11.6 Å². The molecule has 1 aliphatic rings. The Bertz CT molecular complexity index is 745. The van der Waals surface area contributed by atoms with Gasteiger partial charge in [0.2, 0.25) is 0 Å². The van der Waals surface area contributed by atoms with Crippen LogP contribution in [0.3, 0.4) is 0 Å². The summed E-state index contributed by atoms with van der Waals surface area (Å²) in [6.45, 7) is 0. The van der Waals surface area contributed by atoms with E-state index >= 15 is 0 Å². The van der Waals surface area contributed by atoms with Gasteiger partial charge in [-0.3, -0.25) is 4.79 Å². The molecule has 120 valence electrons. The quantitative estimate of drug-likeness (QED) is 0.864. The van der Waals surface area contributed by atoms with E-state index in [-0.39, 0.29) is 10.7 Å². The van der Waals surface area contributed by atoms with Gasteiger partial charge < -0.3 is 5.32 Å². The molecule has 0 saturated heterocycles. The lowest BCUT2D eigenvalue weighted by atomic mass is 10.2. The van der Waals surface area contributed by atoms with Gasteiger partial charge in [-0.2, -0.15) is 13.2 Å². The van der Waals surface area contributed by atoms with Crippen LogP contribution in [-0.4, -0.2) is 20.9 Å². The number of carbonyl (C=O) groups is 1. The first kappa shape index (κ1) is 15.7. The Morgan fingerprint density at radius 1 is 1.22 bits per heavy atom. The molecule has 1 saturated carbocycles. The Morgan fingerprint density at radius 2 is 1.87 bits per heavy atom. The molecule has 0 bridgehead atoms. The summed E-state index contributed by atoms with van der Waals surface area (Å²) < 4.78 is 38.8. The molecule has 0 unspecified atom stereocenters. The van der Waals surface area contributed by atoms with Crippen LogP contribution < -0.4 is 5.32 Å². The highest BCUT2D eigenvalue weighted by Gasteiger charge is 2.36. The van der Waals surface area contributed by atoms with Crippen LogP contribution in [0.4, 0.5) is 18.9 Å². The zero-order valence-corrected chi connectivity index (χ0v) is 12.3. The van der Waals surface area contributed by atoms with Crippen molar-refractivity contribution in [3.8, 4) is 0 Å². The molecule has 0 atom stereocenters. The third-order valence-corrected chi connectivity index (χ3v) is 3.46. The Balaban J connectivity index is 1.82. The molecule has 1 aliphatic carbocycles. The van der Waals surface area contributed by atoms with E-state index in [2.05, 4.69) is 20.3 Å². The van der Waals surface area contributed by atoms with Crippen molar-refractivity contribution >= 4 is 23.2 Å². The summed E-state index contributed by atoms with van der Waals surface area (Å²) in [5, 5.41) is 1.85. The van der Waals surface area contributed by atoms with Gasteiger partial charge in [-0.05, 0) is 25.0 Å². The second-order valence-electron chi connectivity index (χ2n) is 5.09. The Hall–Kier alpha value is -2.22. The summed E-state index contributed by atoms with van der Waals surface area (Å²) in [7, 11) is 0. The smallest absolute Gasteiger partial charge is 0.320 e. The average molecular weight is 343 g/mol. The maximum Gasteiger partial charge on any atom is 0.435 e. The van der Waals surface area contributed by atoms with Crippen molar-refractivity contribution < 1.29 is 18.0 Å². The van der Waals surface area contributed by atoms with Crippen molar-refractivity contribution in [1.82, 2.24) is 15.0 Å². The number of pyridine rings is 1. The van der Waals surface area contributed by atoms with Crippen molar-refractivity contribution in [2.24, 2.45) is 0 Å². The van der Waals surface area contributed by atoms with Gasteiger partial charge in [0.15, 0.2) is 5.69 Å². The second kappa shape index (κ2) is 5.77. The first-order valence-corrected chi connectivity index (χ1v) is 7.09. The number of hydrogen-bond donors (Lipinski definition) is 1. The molecular formula is C14H10ClF3N4O. The average Bonchev–Trinajstić information content (AvgIpc) is 3.33. The third-order valence-electron chi connectivity index (χ3n) is 3.25. The Kier molecular flexibility index (Phi) is 3.93. The number of anilines is 1. The Morgan fingerprint density at radius 3 is 2.43 bits per heavy atom. The minimum Gasteiger partial charge on any atom is -0.320 e. The highest BCUT2D eigenvalue weighted by molar-refractivity contribution is 6.29. The molecule has 0 spiro atoms. The van der Waals surface area contributed by atoms with E-state index in [4.69, 9.17) is 11.6 Å². The Labute approximate surface area is 133 Å². The molecule has 23 heavy (non-hydrogen) atoms. The molecule has 0 aromatic carbocycles. The predicted molar refractivity (Wildman–Crippen MR) is 76.2 cm³/mol. The zero-order valence-electron chi connectivity index (χ0n) is 11.6. The summed E-state index contributed by atoms with van der Waals surface area (Å²) in [5.41, 5.74) is -1.66. The van der Waals surface area contributed by atoms with Gasteiger partial charge in [0.1, 0.15) is 11.0 Å². The highest BCUT2D eigenvalue weighted by atomic mass is 35.5. The zero-order chi connectivity index (χ0) is 16.6. The molecule has 2 aromatic heterocycles. The van der Waals surface area contributed by atoms with Crippen LogP contribution in [0.25, 0.3) is 0 Å². The number of carbonyl (C=O) groups excluding carboxylic acids is 1. The summed E-state index contributed by atoms with van der Waals surface area (Å²) in [5.74, 6) is 0.220. The van der Waals surface area contributed by atoms with Gasteiger partial charge >= 0.3 is 6.18 Å². The second-order valence-corrected chi connectivity index (χ2v) is 5.47. The number of halogens is 4. The van der Waals surface area contributed by atoms with Crippen LogP contribution in [0, 0.1) is 0 Å². The summed E-state index contributed by atoms with van der Waals surface area (Å²) in [4.78, 5) is 23.4. The highest BCUT2D eigenvalue weighted by Crippen LogP contribution is 2.37. The van der Waals surface area contributed by atoms with E-state index < -0.39 is 23.5 Å². The maximum atomic E-state index is 12.9. The fraction of sp³-hybridized carbons (Fsp3) is 0.286. The van der Waals surface area contributed by atoms with E-state index in [0.717, 1.165) is 18.9 Å². The first-order valence-electron chi connectivity index (χ1n) is 6.71. The van der Waals surface area contributed by atoms with Crippen LogP contribution in [0.15, 0.2) is 24.5 Å². The molecule has 3 rings (SSSR count). The predicted octanol–water partition coefficient (Wildman–Crippen LogP) is 3.67. The normalized spacial score (nSPS) is 14.6. The van der Waals surface area contributed by atoms with Crippen LogP contribution in [0.5, 0.6) is 0 Å². The summed E-state index contributed by atoms with van der Waals surface area (Å²) in [6, 6.07) is 2.22. The van der Waals surface area contributed by atoms with Gasteiger partial charge in [0, 0.05) is 18.3 Å². The molecule has 1 fully saturated rings. The molecule has 9 heteroatoms. The molecule has 2 aromatic rings. The van der Waals surface area contributed by atoms with Crippen molar-refractivity contribution in [3.63, 3.8) is 0 Å². The molecule has 2 heterocycles. The molecular weight excluding hydrogens is 333 g/mol. The molecule has 0 radical (unpaired) electrons. The van der Waals surface area contributed by atoms with E-state index in [1.54, 1.807) is 0 Å². The lowest BCUT2D eigenvalue weighted by Crippen LogP contribution is -2.18. The van der Waals surface area contributed by atoms with Crippen LogP contribution in [-0.2, 0) is 6.18 Å². The first-order chi connectivity index (χ1) is 10.8. The van der Waals surface area contributed by atoms with E-state index in [9.17, 15) is 18.0 Å². The SMILES string of the molecule is O=C(Nc1ccc(Cl)nc1C(F)(F)F)c1cnc(C2CC2)nc1. The number of hydrogen-bond acceptors (Lipinski definition) is 4. The van der Waals surface area contributed by atoms with Gasteiger partial charge in [-0.15, -0.1) is 0 Å². The maximum absolute atomic E-state index is 12.9. The minimum atomic E-state index is -4.74. The fourth-order valence-electron chi connectivity index (χ4n) is 1.95. The van der Waals surface area contributed by atoms with Gasteiger partial charge in [0.25, 0.3) is 5.91 Å². The number of amides is 1. The number of nitrogens with zero attached hydrogens (tertiary/aromatic N) is 3. The molecule has 5 nitrogen and oxygen atoms in total. The van der Waals surface area contributed by atoms with Crippen molar-refractivity contribution in [3.05, 3.63) is 46.8 Å². The monoisotopic (exact) mass is 342 g/mol. The van der Waals surface area contributed by atoms with Crippen molar-refractivity contribution in [2.75, 3.05) is 5.32 Å². The number of aromatic nitrogens is 3. The van der Waals surface area contributed by atoms with Crippen molar-refractivity contribution in [1.29, 1.82) is 0 Å². The van der Waals surface area contributed by atoms with E-state index in [1.807, 2.05) is 0 Å². The number of alkyl halides is 3. The number of rotatable bonds is 3. The fourth-order valence-corrected chi connectivity index (χ4v) is 2.10. The van der Waals surface area contributed by atoms with E-state index in [0.29, 0.717) is 11.7 Å². The lowest BCUT2D eigenvalue weighted by Gasteiger charge is -2.13. The molecule has 1 N–H and O–H groups in total. The lowest BCUT2D eigenvalue weighted by molar-refractivity contribution is -0.140. The number of nitrogens with one attached hydrogen (secondary N) is 1. The van der Waals surface area contributed by atoms with Crippen molar-refractivity contribution in [2.45, 2.75) is 24.9 Å². The van der Waals surface area contributed by atoms with Gasteiger partial charge in [-0.25, -0.2) is 15.0 Å². The standard InChI is InChI=1S/C14H10ClF3N4O/c15-10-4-3-9(11(22-10)14(16,17)18)21-13(23)8-5-19-12(20-6-8)7-1-2-7/h3-7H,1-2H2,(H,21,23). The largest absolute Gasteiger partial charge is 0.435 e. The van der Waals surface area contributed by atoms with Crippen LogP contribution >= 0.6 is 11.6 Å². The van der Waals surface area contributed by atoms with Crippen LogP contribution in [0.2, 0.25) is 5.15 Å². The minimum absolute atomic E-state index is 0.0671. The summed E-state index contributed by atoms with van der Waals surface area (Å²) in [6.07, 6.45) is -0.118. The summed E-state index contributed by atoms with van der Waals surface area (Å²) >= 11 is 5.49.